The lowest BCUT2D eigenvalue weighted by Gasteiger charge is -2.24. The lowest BCUT2D eigenvalue weighted by molar-refractivity contribution is -0.870. The topological polar surface area (TPSA) is 108 Å². The third kappa shape index (κ3) is 24.8. The average Bonchev–Trinajstić information content (AvgIpc) is 2.84. The molecule has 0 aromatic rings. The van der Waals surface area contributed by atoms with Crippen LogP contribution in [0.4, 0.5) is 0 Å². The number of allylic oxidation sites excluding steroid dienone is 4. The van der Waals surface area contributed by atoms with Crippen molar-refractivity contribution in [1.29, 1.82) is 0 Å². The zero-order chi connectivity index (χ0) is 28.7. The summed E-state index contributed by atoms with van der Waals surface area (Å²) in [5.41, 5.74) is 0. The van der Waals surface area contributed by atoms with Gasteiger partial charge in [0.25, 0.3) is 0 Å². The van der Waals surface area contributed by atoms with Gasteiger partial charge in [0.05, 0.1) is 27.7 Å². The second kappa shape index (κ2) is 22.3. The number of carbonyl (C=O) groups excluding carboxylic acids is 2. The minimum Gasteiger partial charge on any atom is -0.462 e. The zero-order valence-corrected chi connectivity index (χ0v) is 25.3. The summed E-state index contributed by atoms with van der Waals surface area (Å²) in [6.07, 6.45) is 18.9. The zero-order valence-electron chi connectivity index (χ0n) is 24.4. The molecule has 0 aliphatic heterocycles. The van der Waals surface area contributed by atoms with Gasteiger partial charge in [-0.05, 0) is 32.1 Å². The normalized spacial score (nSPS) is 14.6. The number of hydrogen-bond acceptors (Lipinski definition) is 7. The van der Waals surface area contributed by atoms with Crippen LogP contribution in [-0.4, -0.2) is 74.9 Å². The number of phosphoric ester groups is 1. The molecule has 0 saturated carbocycles. The van der Waals surface area contributed by atoms with Gasteiger partial charge in [-0.1, -0.05) is 70.3 Å². The summed E-state index contributed by atoms with van der Waals surface area (Å²) in [5, 5.41) is 0. The van der Waals surface area contributed by atoms with E-state index >= 15 is 0 Å². The number of hydrogen-bond donors (Lipinski definition) is 1. The Morgan fingerprint density at radius 1 is 0.842 bits per heavy atom. The molecule has 0 saturated heterocycles. The molecule has 0 spiro atoms. The molecule has 0 rings (SSSR count). The minimum absolute atomic E-state index is 0.0271. The first-order valence-electron chi connectivity index (χ1n) is 14.1. The number of carbonyl (C=O) groups is 2. The van der Waals surface area contributed by atoms with Gasteiger partial charge in [0, 0.05) is 12.8 Å². The Hall–Kier alpha value is -1.51. The van der Waals surface area contributed by atoms with Crippen LogP contribution in [0.3, 0.4) is 0 Å². The maximum absolute atomic E-state index is 12.3. The second-order valence-corrected chi connectivity index (χ2v) is 11.8. The molecular formula is C28H53NO8P+. The van der Waals surface area contributed by atoms with Crippen molar-refractivity contribution in [3.05, 3.63) is 24.3 Å². The summed E-state index contributed by atoms with van der Waals surface area (Å²) >= 11 is 0. The third-order valence-corrected chi connectivity index (χ3v) is 6.52. The molecule has 2 unspecified atom stereocenters. The first-order chi connectivity index (χ1) is 18.0. The fourth-order valence-corrected chi connectivity index (χ4v) is 3.93. The largest absolute Gasteiger partial charge is 0.472 e. The van der Waals surface area contributed by atoms with E-state index in [1.54, 1.807) is 6.92 Å². The number of ether oxygens (including phenoxy) is 2. The van der Waals surface area contributed by atoms with Crippen LogP contribution in [0, 0.1) is 0 Å². The number of unbranched alkanes of at least 4 members (excludes halogenated alkanes) is 7. The van der Waals surface area contributed by atoms with Gasteiger partial charge < -0.3 is 18.9 Å². The average molecular weight is 563 g/mol. The van der Waals surface area contributed by atoms with Gasteiger partial charge in [-0.15, -0.1) is 0 Å². The SMILES string of the molecule is CCCC/C=C\C/C=C\CCCCCCCC(=O)OC(COC(=O)CC)COP(=O)(O)OCC[N+](C)(C)C. The van der Waals surface area contributed by atoms with E-state index in [9.17, 15) is 19.0 Å². The number of nitrogens with zero attached hydrogens (tertiary/aromatic N) is 1. The molecule has 222 valence electrons. The van der Waals surface area contributed by atoms with Gasteiger partial charge in [0.15, 0.2) is 6.10 Å². The van der Waals surface area contributed by atoms with Gasteiger partial charge in [-0.25, -0.2) is 4.57 Å². The molecule has 0 radical (unpaired) electrons. The van der Waals surface area contributed by atoms with E-state index in [1.165, 1.54) is 12.8 Å². The predicted molar refractivity (Wildman–Crippen MR) is 150 cm³/mol. The number of rotatable bonds is 24. The van der Waals surface area contributed by atoms with Crippen LogP contribution in [0.15, 0.2) is 24.3 Å². The van der Waals surface area contributed by atoms with E-state index in [4.69, 9.17) is 18.5 Å². The fraction of sp³-hybridized carbons (Fsp3) is 0.786. The van der Waals surface area contributed by atoms with Crippen molar-refractivity contribution in [2.45, 2.75) is 97.0 Å². The highest BCUT2D eigenvalue weighted by atomic mass is 31.2. The minimum atomic E-state index is -4.33. The monoisotopic (exact) mass is 562 g/mol. The highest BCUT2D eigenvalue weighted by Gasteiger charge is 2.26. The second-order valence-electron chi connectivity index (χ2n) is 10.4. The van der Waals surface area contributed by atoms with Crippen molar-refractivity contribution in [3.8, 4) is 0 Å². The molecule has 0 aromatic carbocycles. The van der Waals surface area contributed by atoms with Crippen molar-refractivity contribution in [1.82, 2.24) is 0 Å². The van der Waals surface area contributed by atoms with Crippen molar-refractivity contribution < 1.29 is 42.1 Å². The Balaban J connectivity index is 4.23. The van der Waals surface area contributed by atoms with Crippen LogP contribution >= 0.6 is 7.82 Å². The highest BCUT2D eigenvalue weighted by Crippen LogP contribution is 2.43. The van der Waals surface area contributed by atoms with E-state index in [-0.39, 0.29) is 26.1 Å². The van der Waals surface area contributed by atoms with Crippen molar-refractivity contribution >= 4 is 19.8 Å². The number of phosphoric acid groups is 1. The Labute approximate surface area is 230 Å². The van der Waals surface area contributed by atoms with E-state index in [1.807, 2.05) is 21.1 Å². The van der Waals surface area contributed by atoms with Crippen LogP contribution in [0.2, 0.25) is 0 Å². The summed E-state index contributed by atoms with van der Waals surface area (Å²) in [7, 11) is 1.45. The van der Waals surface area contributed by atoms with Crippen LogP contribution in [0.5, 0.6) is 0 Å². The Morgan fingerprint density at radius 3 is 2.11 bits per heavy atom. The first-order valence-corrected chi connectivity index (χ1v) is 15.6. The van der Waals surface area contributed by atoms with Crippen LogP contribution in [-0.2, 0) is 32.7 Å². The Kier molecular flexibility index (Phi) is 21.4. The predicted octanol–water partition coefficient (Wildman–Crippen LogP) is 6.11. The molecule has 0 fully saturated rings. The maximum Gasteiger partial charge on any atom is 0.472 e. The molecule has 0 bridgehead atoms. The summed E-state index contributed by atoms with van der Waals surface area (Å²) in [6.45, 7) is 3.72. The highest BCUT2D eigenvalue weighted by molar-refractivity contribution is 7.47. The van der Waals surface area contributed by atoms with Gasteiger partial charge >= 0.3 is 19.8 Å². The Morgan fingerprint density at radius 2 is 1.47 bits per heavy atom. The fourth-order valence-electron chi connectivity index (χ4n) is 3.18. The molecule has 0 heterocycles. The van der Waals surface area contributed by atoms with E-state index < -0.39 is 32.5 Å². The lowest BCUT2D eigenvalue weighted by atomic mass is 10.1. The smallest absolute Gasteiger partial charge is 0.462 e. The van der Waals surface area contributed by atoms with Crippen molar-refractivity contribution in [2.24, 2.45) is 0 Å². The maximum atomic E-state index is 12.3. The number of esters is 2. The summed E-state index contributed by atoms with van der Waals surface area (Å²) in [6, 6.07) is 0. The van der Waals surface area contributed by atoms with Gasteiger partial charge in [-0.2, -0.15) is 0 Å². The Bertz CT molecular complexity index is 733. The van der Waals surface area contributed by atoms with Crippen LogP contribution in [0.1, 0.15) is 90.9 Å². The quantitative estimate of drug-likeness (QED) is 0.0493. The molecule has 1 N–H and O–H groups in total. The molecule has 9 nitrogen and oxygen atoms in total. The van der Waals surface area contributed by atoms with Crippen LogP contribution in [0.25, 0.3) is 0 Å². The summed E-state index contributed by atoms with van der Waals surface area (Å²) in [5.74, 6) is -0.921. The molecule has 0 amide bonds. The molecule has 2 atom stereocenters. The van der Waals surface area contributed by atoms with Crippen molar-refractivity contribution in [3.63, 3.8) is 0 Å². The number of quaternary nitrogens is 1. The van der Waals surface area contributed by atoms with Crippen molar-refractivity contribution in [2.75, 3.05) is 47.5 Å². The molecule has 10 heteroatoms. The van der Waals surface area contributed by atoms with E-state index in [0.717, 1.165) is 44.9 Å². The summed E-state index contributed by atoms with van der Waals surface area (Å²) < 4.78 is 33.1. The van der Waals surface area contributed by atoms with Gasteiger partial charge in [-0.3, -0.25) is 18.6 Å². The standard InChI is InChI=1S/C28H52NO8P/c1-6-8-9-10-11-12-13-14-15-16-17-18-19-20-21-28(31)37-26(24-34-27(30)7-2)25-36-38(32,33)35-23-22-29(3,4)5/h10-11,13-14,26H,6-9,12,15-25H2,1-5H3/p+1/b11-10-,14-13-. The van der Waals surface area contributed by atoms with Gasteiger partial charge in [0.1, 0.15) is 19.8 Å². The van der Waals surface area contributed by atoms with E-state index in [0.29, 0.717) is 17.4 Å². The summed E-state index contributed by atoms with van der Waals surface area (Å²) in [4.78, 5) is 33.7. The molecular weight excluding hydrogens is 509 g/mol. The molecule has 0 aliphatic carbocycles. The first kappa shape index (κ1) is 36.5. The molecule has 0 aliphatic rings. The molecule has 38 heavy (non-hydrogen) atoms. The lowest BCUT2D eigenvalue weighted by Crippen LogP contribution is -2.37. The number of likely N-dealkylation sites (N-methyl/N-ethyl adjacent to an activating group) is 1. The van der Waals surface area contributed by atoms with Gasteiger partial charge in [0.2, 0.25) is 0 Å². The van der Waals surface area contributed by atoms with Crippen LogP contribution < -0.4 is 0 Å². The van der Waals surface area contributed by atoms with E-state index in [2.05, 4.69) is 31.2 Å². The third-order valence-electron chi connectivity index (χ3n) is 5.54. The molecule has 0 aromatic heterocycles.